The molecule has 0 fully saturated rings. The summed E-state index contributed by atoms with van der Waals surface area (Å²) in [6.45, 7) is 7.60. The van der Waals surface area contributed by atoms with Crippen LogP contribution in [0.3, 0.4) is 0 Å². The van der Waals surface area contributed by atoms with E-state index >= 15 is 0 Å². The molecule has 0 unspecified atom stereocenters. The number of carbonyl (C=O) groups excluding carboxylic acids is 3. The minimum Gasteiger partial charge on any atom is -0.478 e. The molecule has 0 saturated carbocycles. The smallest absolute Gasteiger partial charge is 0.411 e. The number of rotatable bonds is 6. The molecule has 3 heterocycles. The molecule has 5 rings (SSSR count). The topological polar surface area (TPSA) is 149 Å². The minimum atomic E-state index is -0.682. The predicted molar refractivity (Wildman–Crippen MR) is 174 cm³/mol. The van der Waals surface area contributed by atoms with Gasteiger partial charge in [0.1, 0.15) is 5.69 Å². The number of halogens is 2. The van der Waals surface area contributed by atoms with Gasteiger partial charge in [-0.05, 0) is 68.5 Å². The fourth-order valence-corrected chi connectivity index (χ4v) is 5.59. The number of pyridine rings is 1. The van der Waals surface area contributed by atoms with E-state index in [1.54, 1.807) is 37.3 Å². The van der Waals surface area contributed by atoms with Crippen molar-refractivity contribution in [2.24, 2.45) is 11.8 Å². The molecule has 0 aliphatic carbocycles. The summed E-state index contributed by atoms with van der Waals surface area (Å²) in [6.07, 6.45) is 0.421. The molecular formula is C33H35ClFN7O5. The van der Waals surface area contributed by atoms with Gasteiger partial charge >= 0.3 is 6.09 Å². The molecule has 2 aromatic carbocycles. The lowest BCUT2D eigenvalue weighted by molar-refractivity contribution is -0.119. The van der Waals surface area contributed by atoms with Crippen LogP contribution in [0.25, 0.3) is 16.8 Å². The Hall–Kier alpha value is -5.04. The lowest BCUT2D eigenvalue weighted by atomic mass is 9.88. The summed E-state index contributed by atoms with van der Waals surface area (Å²) in [5.74, 6) is -1.65. The highest BCUT2D eigenvalue weighted by atomic mass is 35.5. The molecule has 4 aromatic rings. The highest BCUT2D eigenvalue weighted by molar-refractivity contribution is 6.30. The number of fused-ring (bicyclic) bond motifs is 4. The molecule has 0 spiro atoms. The van der Waals surface area contributed by atoms with Gasteiger partial charge in [-0.25, -0.2) is 18.9 Å². The summed E-state index contributed by atoms with van der Waals surface area (Å²) in [7, 11) is 1.26. The van der Waals surface area contributed by atoms with Gasteiger partial charge in [0.15, 0.2) is 11.5 Å². The zero-order valence-corrected chi connectivity index (χ0v) is 27.3. The Kier molecular flexibility index (Phi) is 10.0. The van der Waals surface area contributed by atoms with E-state index in [0.717, 1.165) is 0 Å². The summed E-state index contributed by atoms with van der Waals surface area (Å²) >= 11 is 5.98. The Morgan fingerprint density at radius 2 is 1.94 bits per heavy atom. The number of nitrogens with zero attached hydrogens (tertiary/aromatic N) is 4. The fraction of sp³-hybridized carbons (Fsp3) is 0.333. The molecular weight excluding hydrogens is 629 g/mol. The largest absolute Gasteiger partial charge is 0.478 e. The average molecular weight is 664 g/mol. The lowest BCUT2D eigenvalue weighted by Gasteiger charge is -2.27. The van der Waals surface area contributed by atoms with Crippen LogP contribution in [0, 0.1) is 24.6 Å². The third-order valence-electron chi connectivity index (χ3n) is 8.08. The molecule has 2 aromatic heterocycles. The van der Waals surface area contributed by atoms with E-state index in [1.165, 1.54) is 23.9 Å². The first-order valence-electron chi connectivity index (χ1n) is 15.1. The van der Waals surface area contributed by atoms with Crippen molar-refractivity contribution in [3.05, 3.63) is 76.5 Å². The van der Waals surface area contributed by atoms with Crippen LogP contribution >= 0.6 is 11.6 Å². The van der Waals surface area contributed by atoms with Gasteiger partial charge in [0.2, 0.25) is 11.8 Å². The van der Waals surface area contributed by atoms with E-state index < -0.39 is 23.9 Å². The molecule has 0 saturated heterocycles. The SMILES string of the molecule is CCOc1cc2cc(n1)[C@@H](NC(=O)c1nnn(-c3cccc(Cl)c3F)c1C)[C@@H](C)CC[C@@H](C)C(=O)Nc1cc(NC(=O)OC)ccc1-2. The van der Waals surface area contributed by atoms with Gasteiger partial charge in [0, 0.05) is 23.2 Å². The molecule has 3 atom stereocenters. The summed E-state index contributed by atoms with van der Waals surface area (Å²) in [6, 6.07) is 12.6. The van der Waals surface area contributed by atoms with Gasteiger partial charge in [-0.1, -0.05) is 42.8 Å². The van der Waals surface area contributed by atoms with Crippen LogP contribution in [0.1, 0.15) is 61.5 Å². The Morgan fingerprint density at radius 3 is 2.68 bits per heavy atom. The maximum absolute atomic E-state index is 14.8. The Morgan fingerprint density at radius 1 is 1.15 bits per heavy atom. The van der Waals surface area contributed by atoms with Gasteiger partial charge in [0.05, 0.1) is 41.9 Å². The molecule has 1 aliphatic rings. The second kappa shape index (κ2) is 14.2. The van der Waals surface area contributed by atoms with Crippen LogP contribution in [0.4, 0.5) is 20.6 Å². The van der Waals surface area contributed by atoms with Crippen molar-refractivity contribution < 1.29 is 28.2 Å². The van der Waals surface area contributed by atoms with Crippen molar-refractivity contribution in [3.63, 3.8) is 0 Å². The van der Waals surface area contributed by atoms with Crippen molar-refractivity contribution >= 4 is 40.9 Å². The number of hydrogen-bond acceptors (Lipinski definition) is 8. The first-order valence-corrected chi connectivity index (χ1v) is 15.5. The van der Waals surface area contributed by atoms with Gasteiger partial charge in [-0.2, -0.15) is 0 Å². The van der Waals surface area contributed by atoms with Crippen molar-refractivity contribution in [2.75, 3.05) is 24.4 Å². The maximum Gasteiger partial charge on any atom is 0.411 e. The van der Waals surface area contributed by atoms with Gasteiger partial charge in [0.25, 0.3) is 5.91 Å². The van der Waals surface area contributed by atoms with Crippen molar-refractivity contribution in [1.29, 1.82) is 0 Å². The maximum atomic E-state index is 14.8. The van der Waals surface area contributed by atoms with E-state index in [0.29, 0.717) is 59.2 Å². The number of amides is 3. The minimum absolute atomic E-state index is 0.00704. The number of benzene rings is 2. The zero-order valence-electron chi connectivity index (χ0n) is 26.6. The number of methoxy groups -OCH3 is 1. The average Bonchev–Trinajstić information content (AvgIpc) is 3.43. The summed E-state index contributed by atoms with van der Waals surface area (Å²) in [4.78, 5) is 43.8. The molecule has 12 nitrogen and oxygen atoms in total. The van der Waals surface area contributed by atoms with Gasteiger partial charge < -0.3 is 20.1 Å². The number of nitrogens with one attached hydrogen (secondary N) is 3. The molecule has 47 heavy (non-hydrogen) atoms. The predicted octanol–water partition coefficient (Wildman–Crippen LogP) is 6.48. The molecule has 1 aliphatic heterocycles. The highest BCUT2D eigenvalue weighted by Crippen LogP contribution is 2.37. The lowest BCUT2D eigenvalue weighted by Crippen LogP contribution is -2.34. The number of hydrogen-bond donors (Lipinski definition) is 3. The van der Waals surface area contributed by atoms with Crippen LogP contribution in [-0.2, 0) is 9.53 Å². The number of ether oxygens (including phenoxy) is 2. The van der Waals surface area contributed by atoms with E-state index in [2.05, 4.69) is 26.3 Å². The molecule has 2 bridgehead atoms. The van der Waals surface area contributed by atoms with Gasteiger partial charge in [-0.15, -0.1) is 5.10 Å². The number of aromatic nitrogens is 4. The molecule has 3 N–H and O–H groups in total. The van der Waals surface area contributed by atoms with Crippen LogP contribution in [0.2, 0.25) is 5.02 Å². The second-order valence-electron chi connectivity index (χ2n) is 11.3. The van der Waals surface area contributed by atoms with E-state index in [4.69, 9.17) is 26.1 Å². The Balaban J connectivity index is 1.58. The summed E-state index contributed by atoms with van der Waals surface area (Å²) in [5, 5.41) is 16.8. The van der Waals surface area contributed by atoms with Crippen molar-refractivity contribution in [3.8, 4) is 22.7 Å². The second-order valence-corrected chi connectivity index (χ2v) is 11.7. The first kappa shape index (κ1) is 33.3. The molecule has 3 amide bonds. The molecule has 0 radical (unpaired) electrons. The highest BCUT2D eigenvalue weighted by Gasteiger charge is 2.30. The summed E-state index contributed by atoms with van der Waals surface area (Å²) < 4.78 is 26.6. The van der Waals surface area contributed by atoms with Crippen LogP contribution in [0.15, 0.2) is 48.5 Å². The van der Waals surface area contributed by atoms with Crippen molar-refractivity contribution in [2.45, 2.75) is 46.6 Å². The van der Waals surface area contributed by atoms with Crippen LogP contribution in [0.5, 0.6) is 5.88 Å². The van der Waals surface area contributed by atoms with E-state index in [9.17, 15) is 18.8 Å². The Bertz CT molecular complexity index is 1830. The Labute approximate surface area is 276 Å². The number of anilines is 2. The quantitative estimate of drug-likeness (QED) is 0.212. The third-order valence-corrected chi connectivity index (χ3v) is 8.37. The van der Waals surface area contributed by atoms with Crippen molar-refractivity contribution in [1.82, 2.24) is 25.3 Å². The summed E-state index contributed by atoms with van der Waals surface area (Å²) in [5.41, 5.74) is 3.11. The van der Waals surface area contributed by atoms with E-state index in [1.807, 2.05) is 26.8 Å². The zero-order chi connectivity index (χ0) is 33.8. The normalized spacial score (nSPS) is 17.8. The standard InChI is InChI=1S/C33H35ClFN7O5/c1-6-47-27-15-20-14-25(37-27)29(39-32(44)30-19(4)42(41-40-30)26-9-7-8-23(34)28(26)35)17(2)10-11-18(3)31(43)38-24-16-21(12-13-22(20)24)36-33(45)46-5/h7-9,12-18,29H,6,10-11H2,1-5H3,(H,36,45)(H,38,43)(H,39,44)/t17-,18+,29-/m0/s1. The molecule has 246 valence electrons. The monoisotopic (exact) mass is 663 g/mol. The van der Waals surface area contributed by atoms with Crippen LogP contribution in [-0.4, -0.2) is 51.6 Å². The van der Waals surface area contributed by atoms with E-state index in [-0.39, 0.29) is 34.1 Å². The first-order chi connectivity index (χ1) is 22.5. The molecule has 14 heteroatoms. The fourth-order valence-electron chi connectivity index (χ4n) is 5.42. The van der Waals surface area contributed by atoms with Gasteiger partial charge in [-0.3, -0.25) is 14.9 Å². The third kappa shape index (κ3) is 7.19. The number of carbonyl (C=O) groups is 3. The van der Waals surface area contributed by atoms with Crippen LogP contribution < -0.4 is 20.7 Å².